The Bertz CT molecular complexity index is 709. The first-order chi connectivity index (χ1) is 9.70. The minimum Gasteiger partial charge on any atom is -0.368 e. The molecule has 0 aliphatic rings. The van der Waals surface area contributed by atoms with Crippen LogP contribution in [0.5, 0.6) is 0 Å². The van der Waals surface area contributed by atoms with Gasteiger partial charge in [-0.05, 0) is 22.0 Å². The SMILES string of the molecule is Nc1nc(NCc2cc(Br)cs2)nc(-n2ccnc2)n1. The molecule has 20 heavy (non-hydrogen) atoms. The molecule has 9 heteroatoms. The molecule has 3 heterocycles. The van der Waals surface area contributed by atoms with Crippen molar-refractivity contribution in [3.05, 3.63) is 39.5 Å². The summed E-state index contributed by atoms with van der Waals surface area (Å²) in [5.41, 5.74) is 5.70. The van der Waals surface area contributed by atoms with E-state index < -0.39 is 0 Å². The van der Waals surface area contributed by atoms with Crippen molar-refractivity contribution in [3.63, 3.8) is 0 Å². The van der Waals surface area contributed by atoms with Gasteiger partial charge in [0.2, 0.25) is 17.8 Å². The van der Waals surface area contributed by atoms with Crippen molar-refractivity contribution in [3.8, 4) is 5.95 Å². The minimum atomic E-state index is 0.165. The first-order valence-electron chi connectivity index (χ1n) is 5.67. The summed E-state index contributed by atoms with van der Waals surface area (Å²) >= 11 is 5.07. The molecule has 0 unspecified atom stereocenters. The quantitative estimate of drug-likeness (QED) is 0.747. The highest BCUT2D eigenvalue weighted by molar-refractivity contribution is 9.10. The largest absolute Gasteiger partial charge is 0.368 e. The fourth-order valence-corrected chi connectivity index (χ4v) is 2.96. The maximum atomic E-state index is 5.70. The van der Waals surface area contributed by atoms with Gasteiger partial charge >= 0.3 is 0 Å². The molecule has 0 radical (unpaired) electrons. The predicted molar refractivity (Wildman–Crippen MR) is 80.7 cm³/mol. The van der Waals surface area contributed by atoms with Crippen molar-refractivity contribution in [1.82, 2.24) is 24.5 Å². The molecule has 3 N–H and O–H groups in total. The van der Waals surface area contributed by atoms with Crippen LogP contribution in [0.4, 0.5) is 11.9 Å². The minimum absolute atomic E-state index is 0.165. The lowest BCUT2D eigenvalue weighted by molar-refractivity contribution is 0.897. The number of nitrogen functional groups attached to an aromatic ring is 1. The number of hydrogen-bond acceptors (Lipinski definition) is 7. The summed E-state index contributed by atoms with van der Waals surface area (Å²) in [4.78, 5) is 17.6. The fourth-order valence-electron chi connectivity index (χ4n) is 1.57. The molecule has 0 aromatic carbocycles. The van der Waals surface area contributed by atoms with Crippen LogP contribution in [0.25, 0.3) is 5.95 Å². The zero-order valence-electron chi connectivity index (χ0n) is 10.2. The van der Waals surface area contributed by atoms with E-state index in [9.17, 15) is 0 Å². The Kier molecular flexibility index (Phi) is 3.61. The van der Waals surface area contributed by atoms with E-state index in [1.807, 2.05) is 11.4 Å². The maximum absolute atomic E-state index is 5.70. The van der Waals surface area contributed by atoms with Crippen LogP contribution < -0.4 is 11.1 Å². The summed E-state index contributed by atoms with van der Waals surface area (Å²) in [5, 5.41) is 5.15. The third-order valence-corrected chi connectivity index (χ3v) is 4.12. The fraction of sp³-hybridized carbons (Fsp3) is 0.0909. The summed E-state index contributed by atoms with van der Waals surface area (Å²) in [6.07, 6.45) is 5.00. The number of nitrogens with one attached hydrogen (secondary N) is 1. The molecule has 0 aliphatic carbocycles. The zero-order chi connectivity index (χ0) is 13.9. The van der Waals surface area contributed by atoms with Crippen molar-refractivity contribution in [1.29, 1.82) is 0 Å². The lowest BCUT2D eigenvalue weighted by atomic mass is 10.5. The maximum Gasteiger partial charge on any atom is 0.241 e. The second-order valence-electron chi connectivity index (χ2n) is 3.87. The number of rotatable bonds is 4. The van der Waals surface area contributed by atoms with Gasteiger partial charge in [-0.3, -0.25) is 4.57 Å². The molecule has 0 spiro atoms. The first-order valence-corrected chi connectivity index (χ1v) is 7.34. The van der Waals surface area contributed by atoms with Crippen LogP contribution in [-0.4, -0.2) is 24.5 Å². The third-order valence-electron chi connectivity index (χ3n) is 2.42. The second-order valence-corrected chi connectivity index (χ2v) is 5.78. The van der Waals surface area contributed by atoms with Gasteiger partial charge in [0.05, 0.1) is 6.54 Å². The summed E-state index contributed by atoms with van der Waals surface area (Å²) in [6, 6.07) is 2.04. The standard InChI is InChI=1S/C11H10BrN7S/c12-7-3-8(20-5-7)4-15-10-16-9(13)17-11(18-10)19-2-1-14-6-19/h1-3,5-6H,4H2,(H3,13,15,16,17,18). The Balaban J connectivity index is 1.79. The highest BCUT2D eigenvalue weighted by Gasteiger charge is 2.06. The van der Waals surface area contributed by atoms with Gasteiger partial charge < -0.3 is 11.1 Å². The molecule has 0 bridgehead atoms. The topological polar surface area (TPSA) is 94.5 Å². The van der Waals surface area contributed by atoms with Crippen molar-refractivity contribution >= 4 is 39.2 Å². The van der Waals surface area contributed by atoms with E-state index in [0.717, 1.165) is 4.47 Å². The van der Waals surface area contributed by atoms with Crippen molar-refractivity contribution in [2.75, 3.05) is 11.1 Å². The Morgan fingerprint density at radius 3 is 2.95 bits per heavy atom. The van der Waals surface area contributed by atoms with Gasteiger partial charge in [0.1, 0.15) is 6.33 Å². The van der Waals surface area contributed by atoms with E-state index in [0.29, 0.717) is 18.4 Å². The molecule has 0 saturated carbocycles. The van der Waals surface area contributed by atoms with Crippen LogP contribution in [0, 0.1) is 0 Å². The number of anilines is 2. The number of imidazole rings is 1. The number of aromatic nitrogens is 5. The second kappa shape index (κ2) is 5.55. The molecule has 0 saturated heterocycles. The molecule has 3 aromatic rings. The summed E-state index contributed by atoms with van der Waals surface area (Å²) in [7, 11) is 0. The Hall–Kier alpha value is -2.00. The lowest BCUT2D eigenvalue weighted by Crippen LogP contribution is -2.10. The van der Waals surface area contributed by atoms with Gasteiger partial charge in [-0.15, -0.1) is 11.3 Å². The monoisotopic (exact) mass is 351 g/mol. The molecular weight excluding hydrogens is 342 g/mol. The average Bonchev–Trinajstić information content (AvgIpc) is 3.07. The van der Waals surface area contributed by atoms with E-state index >= 15 is 0 Å². The normalized spacial score (nSPS) is 10.7. The van der Waals surface area contributed by atoms with E-state index in [-0.39, 0.29) is 5.95 Å². The van der Waals surface area contributed by atoms with E-state index in [4.69, 9.17) is 5.73 Å². The molecule has 0 aliphatic heterocycles. The number of hydrogen-bond donors (Lipinski definition) is 2. The summed E-state index contributed by atoms with van der Waals surface area (Å²) in [6.45, 7) is 0.628. The van der Waals surface area contributed by atoms with E-state index in [2.05, 4.69) is 41.2 Å². The van der Waals surface area contributed by atoms with Crippen molar-refractivity contribution in [2.24, 2.45) is 0 Å². The van der Waals surface area contributed by atoms with Gasteiger partial charge in [-0.1, -0.05) is 0 Å². The van der Waals surface area contributed by atoms with Gasteiger partial charge in [-0.2, -0.15) is 15.0 Å². The molecular formula is C11H10BrN7S. The van der Waals surface area contributed by atoms with Gasteiger partial charge in [0, 0.05) is 27.1 Å². The van der Waals surface area contributed by atoms with E-state index in [1.54, 1.807) is 34.6 Å². The number of nitrogens with two attached hydrogens (primary N) is 1. The Morgan fingerprint density at radius 2 is 2.25 bits per heavy atom. The van der Waals surface area contributed by atoms with Crippen LogP contribution in [0.15, 0.2) is 34.6 Å². The van der Waals surface area contributed by atoms with Crippen LogP contribution in [0.1, 0.15) is 4.88 Å². The number of nitrogens with zero attached hydrogens (tertiary/aromatic N) is 5. The third kappa shape index (κ3) is 2.94. The van der Waals surface area contributed by atoms with Gasteiger partial charge in [0.15, 0.2) is 0 Å². The van der Waals surface area contributed by atoms with Crippen LogP contribution in [0.2, 0.25) is 0 Å². The highest BCUT2D eigenvalue weighted by Crippen LogP contribution is 2.20. The van der Waals surface area contributed by atoms with Crippen LogP contribution in [-0.2, 0) is 6.54 Å². The Labute approximate surface area is 127 Å². The lowest BCUT2D eigenvalue weighted by Gasteiger charge is -2.06. The molecule has 3 aromatic heterocycles. The molecule has 3 rings (SSSR count). The summed E-state index contributed by atoms with van der Waals surface area (Å²) in [5.74, 6) is 1.04. The van der Waals surface area contributed by atoms with Crippen molar-refractivity contribution in [2.45, 2.75) is 6.54 Å². The molecule has 0 amide bonds. The smallest absolute Gasteiger partial charge is 0.241 e. The van der Waals surface area contributed by atoms with Crippen LogP contribution >= 0.6 is 27.3 Å². The highest BCUT2D eigenvalue weighted by atomic mass is 79.9. The van der Waals surface area contributed by atoms with Crippen molar-refractivity contribution < 1.29 is 0 Å². The molecule has 7 nitrogen and oxygen atoms in total. The number of thiophene rings is 1. The predicted octanol–water partition coefficient (Wildman–Crippen LogP) is 2.08. The summed E-state index contributed by atoms with van der Waals surface area (Å²) < 4.78 is 2.74. The zero-order valence-corrected chi connectivity index (χ0v) is 12.6. The first kappa shape index (κ1) is 13.0. The molecule has 0 fully saturated rings. The molecule has 102 valence electrons. The average molecular weight is 352 g/mol. The Morgan fingerprint density at radius 1 is 1.35 bits per heavy atom. The van der Waals surface area contributed by atoms with Gasteiger partial charge in [0.25, 0.3) is 0 Å². The number of halogens is 1. The van der Waals surface area contributed by atoms with E-state index in [1.165, 1.54) is 4.88 Å². The molecule has 0 atom stereocenters. The van der Waals surface area contributed by atoms with Gasteiger partial charge in [-0.25, -0.2) is 4.98 Å². The van der Waals surface area contributed by atoms with Crippen LogP contribution in [0.3, 0.4) is 0 Å².